The maximum Gasteiger partial charge on any atom is 0.516 e. The number of hydrogen-bond donors (Lipinski definition) is 0. The lowest BCUT2D eigenvalue weighted by Crippen LogP contribution is -2.14. The second-order valence-electron chi connectivity index (χ2n) is 17.4. The van der Waals surface area contributed by atoms with Gasteiger partial charge in [-0.15, -0.1) is 0 Å². The van der Waals surface area contributed by atoms with E-state index in [9.17, 15) is 9.59 Å². The van der Waals surface area contributed by atoms with Gasteiger partial charge in [-0.3, -0.25) is 4.79 Å². The van der Waals surface area contributed by atoms with Gasteiger partial charge in [-0.05, 0) is 168 Å². The number of rotatable bonds is 16. The van der Waals surface area contributed by atoms with E-state index in [0.29, 0.717) is 0 Å². The summed E-state index contributed by atoms with van der Waals surface area (Å²) in [6.45, 7) is 4.93. The summed E-state index contributed by atoms with van der Waals surface area (Å²) in [6, 6.07) is 79.2. The summed E-state index contributed by atoms with van der Waals surface area (Å²) >= 11 is 0. The van der Waals surface area contributed by atoms with Gasteiger partial charge in [-0.1, -0.05) is 145 Å². The third-order valence-electron chi connectivity index (χ3n) is 12.3. The van der Waals surface area contributed by atoms with Gasteiger partial charge in [0.2, 0.25) is 6.79 Å². The molecule has 8 heteroatoms. The van der Waals surface area contributed by atoms with Crippen molar-refractivity contribution in [3.63, 3.8) is 0 Å². The molecule has 0 heterocycles. The Bertz CT molecular complexity index is 3320. The first-order valence-electron chi connectivity index (χ1n) is 24.0. The molecule has 0 saturated carbocycles. The van der Waals surface area contributed by atoms with Crippen molar-refractivity contribution in [1.82, 2.24) is 0 Å². The van der Waals surface area contributed by atoms with Crippen LogP contribution in [-0.4, -0.2) is 26.0 Å². The number of nitrogens with zero attached hydrogens (tertiary/aromatic N) is 2. The molecular formula is C65H54N2O6. The zero-order valence-corrected chi connectivity index (χ0v) is 41.1. The number of ether oxygens (including phenoxy) is 4. The van der Waals surface area contributed by atoms with E-state index in [1.165, 1.54) is 18.1 Å². The van der Waals surface area contributed by atoms with E-state index in [1.807, 2.05) is 60.7 Å². The molecular weight excluding hydrogens is 905 g/mol. The Balaban J connectivity index is 1.02. The van der Waals surface area contributed by atoms with E-state index in [2.05, 4.69) is 198 Å². The van der Waals surface area contributed by atoms with Crippen molar-refractivity contribution >= 4 is 69.5 Å². The Morgan fingerprint density at radius 2 is 0.726 bits per heavy atom. The van der Waals surface area contributed by atoms with Crippen molar-refractivity contribution in [2.75, 3.05) is 23.7 Å². The van der Waals surface area contributed by atoms with Gasteiger partial charge in [0.05, 0.1) is 7.11 Å². The van der Waals surface area contributed by atoms with Crippen LogP contribution in [0.1, 0.15) is 51.4 Å². The number of para-hydroxylation sites is 2. The summed E-state index contributed by atoms with van der Waals surface area (Å²) < 4.78 is 20.3. The quantitative estimate of drug-likeness (QED) is 0.0410. The SMILES string of the molecule is COc1ccc(N(c2ccccc2)c2ccc(C=C(c3ccc(C)cc3)c3ccc(C(=Cc4ccc(N(c5ccccc5)c5ccc(OC(=O)OCOC(C)=O)cc5)cc4)c4ccc(C)cc4)cc3)cc2)cc1. The maximum absolute atomic E-state index is 12.2. The number of anilines is 6. The lowest BCUT2D eigenvalue weighted by atomic mass is 9.91. The molecule has 0 saturated heterocycles. The molecule has 0 radical (unpaired) electrons. The topological polar surface area (TPSA) is 77.5 Å². The van der Waals surface area contributed by atoms with Crippen LogP contribution in [0.25, 0.3) is 23.3 Å². The van der Waals surface area contributed by atoms with Crippen LogP contribution in [0.2, 0.25) is 0 Å². The van der Waals surface area contributed by atoms with E-state index >= 15 is 0 Å². The van der Waals surface area contributed by atoms with Gasteiger partial charge >= 0.3 is 12.1 Å². The van der Waals surface area contributed by atoms with E-state index < -0.39 is 18.9 Å². The zero-order valence-electron chi connectivity index (χ0n) is 41.1. The molecule has 8 nitrogen and oxygen atoms in total. The molecule has 9 aromatic rings. The first-order valence-corrected chi connectivity index (χ1v) is 24.0. The Morgan fingerprint density at radius 1 is 0.397 bits per heavy atom. The summed E-state index contributed by atoms with van der Waals surface area (Å²) in [5, 5.41) is 0. The minimum absolute atomic E-state index is 0.284. The number of esters is 1. The van der Waals surface area contributed by atoms with Crippen LogP contribution in [-0.2, 0) is 14.3 Å². The van der Waals surface area contributed by atoms with Gasteiger partial charge in [0.1, 0.15) is 11.5 Å². The Kier molecular flexibility index (Phi) is 15.3. The highest BCUT2D eigenvalue weighted by molar-refractivity contribution is 5.95. The summed E-state index contributed by atoms with van der Waals surface area (Å²) in [5.41, 5.74) is 17.1. The predicted molar refractivity (Wildman–Crippen MR) is 295 cm³/mol. The Hall–Kier alpha value is -9.40. The highest BCUT2D eigenvalue weighted by atomic mass is 16.8. The summed E-state index contributed by atoms with van der Waals surface area (Å²) in [4.78, 5) is 27.6. The van der Waals surface area contributed by atoms with Crippen LogP contribution in [0.3, 0.4) is 0 Å². The van der Waals surface area contributed by atoms with Gasteiger partial charge in [-0.2, -0.15) is 0 Å². The second-order valence-corrected chi connectivity index (χ2v) is 17.4. The third-order valence-corrected chi connectivity index (χ3v) is 12.3. The van der Waals surface area contributed by atoms with Gasteiger partial charge < -0.3 is 28.7 Å². The van der Waals surface area contributed by atoms with Crippen LogP contribution >= 0.6 is 0 Å². The molecule has 0 unspecified atom stereocenters. The fourth-order valence-electron chi connectivity index (χ4n) is 8.46. The standard InChI is InChI=1S/C65H54N2O6/c1-46-15-23-51(24-16-46)63(43-49-19-31-57(32-20-49)66(55-11-7-5-8-12-55)59-35-39-61(70-4)40-36-59)53-27-29-54(30-28-53)64(52-25-17-47(2)18-26-52)44-50-21-33-58(34-22-50)67(56-13-9-6-10-14-56)60-37-41-62(42-38-60)73-65(69)72-45-71-48(3)68/h5-44H,45H2,1-4H3. The Morgan fingerprint density at radius 3 is 1.08 bits per heavy atom. The monoisotopic (exact) mass is 958 g/mol. The highest BCUT2D eigenvalue weighted by Gasteiger charge is 2.17. The smallest absolute Gasteiger partial charge is 0.497 e. The minimum Gasteiger partial charge on any atom is -0.497 e. The van der Waals surface area contributed by atoms with Gasteiger partial charge in [0.15, 0.2) is 0 Å². The summed E-state index contributed by atoms with van der Waals surface area (Å²) in [6.07, 6.45) is 3.54. The molecule has 0 aliphatic heterocycles. The summed E-state index contributed by atoms with van der Waals surface area (Å²) in [5.74, 6) is 0.536. The molecule has 0 aliphatic carbocycles. The van der Waals surface area contributed by atoms with E-state index in [4.69, 9.17) is 14.2 Å². The van der Waals surface area contributed by atoms with Crippen LogP contribution < -0.4 is 19.3 Å². The molecule has 0 aliphatic rings. The fraction of sp³-hybridized carbons (Fsp3) is 0.0769. The van der Waals surface area contributed by atoms with Crippen LogP contribution in [0.4, 0.5) is 38.9 Å². The van der Waals surface area contributed by atoms with Crippen molar-refractivity contribution in [2.24, 2.45) is 0 Å². The van der Waals surface area contributed by atoms with Gasteiger partial charge in [0, 0.05) is 41.0 Å². The number of carbonyl (C=O) groups is 2. The lowest BCUT2D eigenvalue weighted by Gasteiger charge is -2.25. The molecule has 9 rings (SSSR count). The lowest BCUT2D eigenvalue weighted by molar-refractivity contribution is -0.149. The van der Waals surface area contributed by atoms with Crippen molar-refractivity contribution in [3.05, 3.63) is 275 Å². The molecule has 0 spiro atoms. The highest BCUT2D eigenvalue weighted by Crippen LogP contribution is 2.38. The fourth-order valence-corrected chi connectivity index (χ4v) is 8.46. The normalized spacial score (nSPS) is 11.3. The molecule has 0 aromatic heterocycles. The molecule has 0 amide bonds. The molecule has 0 atom stereocenters. The van der Waals surface area contributed by atoms with Crippen LogP contribution in [0, 0.1) is 13.8 Å². The van der Waals surface area contributed by atoms with Crippen molar-refractivity contribution in [2.45, 2.75) is 20.8 Å². The molecule has 0 bridgehead atoms. The van der Waals surface area contributed by atoms with Crippen LogP contribution in [0.5, 0.6) is 11.5 Å². The summed E-state index contributed by atoms with van der Waals surface area (Å²) in [7, 11) is 1.68. The molecule has 73 heavy (non-hydrogen) atoms. The molecule has 0 N–H and O–H groups in total. The predicted octanol–water partition coefficient (Wildman–Crippen LogP) is 16.5. The Labute approximate surface area is 427 Å². The number of carbonyl (C=O) groups excluding carboxylic acids is 2. The van der Waals surface area contributed by atoms with E-state index in [-0.39, 0.29) is 5.75 Å². The number of hydrogen-bond acceptors (Lipinski definition) is 8. The molecule has 9 aromatic carbocycles. The van der Waals surface area contributed by atoms with Crippen molar-refractivity contribution < 1.29 is 28.5 Å². The third kappa shape index (κ3) is 12.3. The zero-order chi connectivity index (χ0) is 50.5. The number of benzene rings is 9. The van der Waals surface area contributed by atoms with Gasteiger partial charge in [0.25, 0.3) is 0 Å². The average molecular weight is 959 g/mol. The van der Waals surface area contributed by atoms with Crippen molar-refractivity contribution in [3.8, 4) is 11.5 Å². The average Bonchev–Trinajstić information content (AvgIpc) is 3.42. The number of aryl methyl sites for hydroxylation is 2. The second kappa shape index (κ2) is 23.0. The van der Waals surface area contributed by atoms with E-state index in [0.717, 1.165) is 84.4 Å². The molecule has 0 fully saturated rings. The minimum atomic E-state index is -0.974. The number of methoxy groups -OCH3 is 1. The first kappa shape index (κ1) is 48.6. The molecule has 360 valence electrons. The maximum atomic E-state index is 12.2. The van der Waals surface area contributed by atoms with E-state index in [1.54, 1.807) is 19.2 Å². The first-order chi connectivity index (χ1) is 35.7. The van der Waals surface area contributed by atoms with Gasteiger partial charge in [-0.25, -0.2) is 4.79 Å². The largest absolute Gasteiger partial charge is 0.516 e. The van der Waals surface area contributed by atoms with Crippen molar-refractivity contribution in [1.29, 1.82) is 0 Å². The van der Waals surface area contributed by atoms with Crippen LogP contribution in [0.15, 0.2) is 231 Å².